The van der Waals surface area contributed by atoms with Crippen LogP contribution in [0.4, 0.5) is 0 Å². The summed E-state index contributed by atoms with van der Waals surface area (Å²) in [6.07, 6.45) is 4.41. The average Bonchev–Trinajstić information content (AvgIpc) is 2.50. The number of amides is 1. The third kappa shape index (κ3) is 4.00. The van der Waals surface area contributed by atoms with E-state index in [1.54, 1.807) is 19.1 Å². The van der Waals surface area contributed by atoms with E-state index < -0.39 is 5.97 Å². The number of carbonyl (C=O) groups excluding carboxylic acids is 2. The minimum absolute atomic E-state index is 0.0823. The fourth-order valence-electron chi connectivity index (χ4n) is 2.81. The van der Waals surface area contributed by atoms with Gasteiger partial charge in [-0.05, 0) is 37.3 Å². The predicted molar refractivity (Wildman–Crippen MR) is 82.7 cm³/mol. The highest BCUT2D eigenvalue weighted by Gasteiger charge is 2.23. The van der Waals surface area contributed by atoms with Crippen LogP contribution in [0.15, 0.2) is 18.2 Å². The van der Waals surface area contributed by atoms with Gasteiger partial charge >= 0.3 is 5.97 Å². The van der Waals surface area contributed by atoms with E-state index in [-0.39, 0.29) is 29.9 Å². The fraction of sp³-hybridized carbons (Fsp3) is 0.529. The number of ether oxygens (including phenoxy) is 1. The van der Waals surface area contributed by atoms with Gasteiger partial charge in [0, 0.05) is 6.04 Å². The van der Waals surface area contributed by atoms with E-state index in [1.807, 2.05) is 0 Å². The minimum Gasteiger partial charge on any atom is -0.507 e. The smallest absolute Gasteiger partial charge is 0.342 e. The summed E-state index contributed by atoms with van der Waals surface area (Å²) in [6, 6.07) is 5.00. The van der Waals surface area contributed by atoms with Crippen molar-refractivity contribution in [3.63, 3.8) is 0 Å². The number of phenols is 1. The lowest BCUT2D eigenvalue weighted by molar-refractivity contribution is -0.125. The second-order valence-corrected chi connectivity index (χ2v) is 5.98. The molecule has 2 rings (SSSR count). The Kier molecular flexibility index (Phi) is 5.41. The van der Waals surface area contributed by atoms with Crippen molar-refractivity contribution >= 4 is 11.9 Å². The number of esters is 1. The van der Waals surface area contributed by atoms with Gasteiger partial charge in [0.15, 0.2) is 6.61 Å². The molecule has 0 radical (unpaired) electrons. The van der Waals surface area contributed by atoms with Crippen molar-refractivity contribution in [1.82, 2.24) is 5.32 Å². The summed E-state index contributed by atoms with van der Waals surface area (Å²) in [5.41, 5.74) is 0.675. The maximum Gasteiger partial charge on any atom is 0.342 e. The van der Waals surface area contributed by atoms with Crippen LogP contribution in [0.2, 0.25) is 0 Å². The highest BCUT2D eigenvalue weighted by atomic mass is 16.5. The number of aryl methyl sites for hydroxylation is 1. The number of nitrogens with one attached hydrogen (secondary N) is 1. The van der Waals surface area contributed by atoms with Crippen molar-refractivity contribution in [1.29, 1.82) is 0 Å². The monoisotopic (exact) mass is 305 g/mol. The summed E-state index contributed by atoms with van der Waals surface area (Å²) in [6.45, 7) is 3.50. The molecular formula is C17H23NO4. The molecule has 120 valence electrons. The second kappa shape index (κ2) is 7.29. The highest BCUT2D eigenvalue weighted by molar-refractivity contribution is 5.94. The lowest BCUT2D eigenvalue weighted by Crippen LogP contribution is -2.42. The number of carbonyl (C=O) groups is 2. The fourth-order valence-corrected chi connectivity index (χ4v) is 2.81. The zero-order valence-electron chi connectivity index (χ0n) is 13.1. The lowest BCUT2D eigenvalue weighted by Gasteiger charge is -2.29. The highest BCUT2D eigenvalue weighted by Crippen LogP contribution is 2.24. The van der Waals surface area contributed by atoms with Crippen LogP contribution < -0.4 is 5.32 Å². The first-order valence-corrected chi connectivity index (χ1v) is 7.74. The zero-order chi connectivity index (χ0) is 16.1. The van der Waals surface area contributed by atoms with Gasteiger partial charge in [-0.15, -0.1) is 0 Å². The molecule has 0 bridgehead atoms. The SMILES string of the molecule is Cc1cccc(C(=O)OCC(=O)N[C@H]2CCCC[C@H]2C)c1O. The van der Waals surface area contributed by atoms with Gasteiger partial charge in [0.2, 0.25) is 0 Å². The third-order valence-electron chi connectivity index (χ3n) is 4.25. The Hall–Kier alpha value is -2.04. The molecule has 1 aliphatic carbocycles. The maximum absolute atomic E-state index is 11.9. The Morgan fingerprint density at radius 3 is 2.77 bits per heavy atom. The number of para-hydroxylation sites is 1. The van der Waals surface area contributed by atoms with Crippen LogP contribution in [0.5, 0.6) is 5.75 Å². The second-order valence-electron chi connectivity index (χ2n) is 5.98. The molecule has 0 saturated heterocycles. The molecule has 2 N–H and O–H groups in total. The maximum atomic E-state index is 11.9. The van der Waals surface area contributed by atoms with Gasteiger partial charge in [0.05, 0.1) is 0 Å². The van der Waals surface area contributed by atoms with Crippen molar-refractivity contribution in [3.8, 4) is 5.75 Å². The lowest BCUT2D eigenvalue weighted by atomic mass is 9.86. The third-order valence-corrected chi connectivity index (χ3v) is 4.25. The Bertz CT molecular complexity index is 556. The van der Waals surface area contributed by atoms with E-state index in [0.717, 1.165) is 19.3 Å². The van der Waals surface area contributed by atoms with Gasteiger partial charge in [0.25, 0.3) is 5.91 Å². The van der Waals surface area contributed by atoms with Crippen molar-refractivity contribution in [2.45, 2.75) is 45.6 Å². The van der Waals surface area contributed by atoms with E-state index in [9.17, 15) is 14.7 Å². The molecule has 1 aromatic carbocycles. The summed E-state index contributed by atoms with van der Waals surface area (Å²) >= 11 is 0. The van der Waals surface area contributed by atoms with Gasteiger partial charge in [-0.25, -0.2) is 4.79 Å². The topological polar surface area (TPSA) is 75.6 Å². The van der Waals surface area contributed by atoms with Crippen molar-refractivity contribution in [2.24, 2.45) is 5.92 Å². The van der Waals surface area contributed by atoms with Crippen LogP contribution in [-0.2, 0) is 9.53 Å². The number of rotatable bonds is 4. The van der Waals surface area contributed by atoms with Gasteiger partial charge in [-0.1, -0.05) is 31.9 Å². The molecule has 0 unspecified atom stereocenters. The van der Waals surface area contributed by atoms with Crippen molar-refractivity contribution in [3.05, 3.63) is 29.3 Å². The molecule has 1 fully saturated rings. The number of phenolic OH excluding ortho intramolecular Hbond substituents is 1. The van der Waals surface area contributed by atoms with Crippen molar-refractivity contribution in [2.75, 3.05) is 6.61 Å². The largest absolute Gasteiger partial charge is 0.507 e. The van der Waals surface area contributed by atoms with Crippen molar-refractivity contribution < 1.29 is 19.4 Å². The summed E-state index contributed by atoms with van der Waals surface area (Å²) in [5.74, 6) is -0.629. The molecule has 5 heteroatoms. The van der Waals surface area contributed by atoms with E-state index in [4.69, 9.17) is 4.74 Å². The molecule has 22 heavy (non-hydrogen) atoms. The first-order valence-electron chi connectivity index (χ1n) is 7.74. The minimum atomic E-state index is -0.687. The van der Waals surface area contributed by atoms with E-state index in [0.29, 0.717) is 11.5 Å². The average molecular weight is 305 g/mol. The molecule has 5 nitrogen and oxygen atoms in total. The Balaban J connectivity index is 1.85. The molecule has 2 atom stereocenters. The number of hydrogen-bond donors (Lipinski definition) is 2. The van der Waals surface area contributed by atoms with Crippen LogP contribution in [0, 0.1) is 12.8 Å². The van der Waals surface area contributed by atoms with E-state index in [1.165, 1.54) is 12.5 Å². The number of benzene rings is 1. The summed E-state index contributed by atoms with van der Waals surface area (Å²) in [5, 5.41) is 12.8. The molecule has 0 aromatic heterocycles. The predicted octanol–water partition coefficient (Wildman–Crippen LogP) is 2.55. The molecule has 0 aliphatic heterocycles. The molecule has 0 spiro atoms. The van der Waals surface area contributed by atoms with Crippen LogP contribution in [-0.4, -0.2) is 29.6 Å². The number of aromatic hydroxyl groups is 1. The number of hydrogen-bond acceptors (Lipinski definition) is 4. The van der Waals surface area contributed by atoms with Crippen LogP contribution >= 0.6 is 0 Å². The Morgan fingerprint density at radius 1 is 1.32 bits per heavy atom. The molecule has 1 amide bonds. The van der Waals surface area contributed by atoms with Gasteiger partial charge in [-0.2, -0.15) is 0 Å². The van der Waals surface area contributed by atoms with Gasteiger partial charge in [-0.3, -0.25) is 4.79 Å². The standard InChI is InChI=1S/C17H23NO4/c1-11-6-3-4-9-14(11)18-15(19)10-22-17(21)13-8-5-7-12(2)16(13)20/h5,7-8,11,14,20H,3-4,6,9-10H2,1-2H3,(H,18,19)/t11-,14+/m1/s1. The van der Waals surface area contributed by atoms with E-state index >= 15 is 0 Å². The summed E-state index contributed by atoms with van der Waals surface area (Å²) in [4.78, 5) is 23.8. The molecule has 1 saturated carbocycles. The summed E-state index contributed by atoms with van der Waals surface area (Å²) in [7, 11) is 0. The first-order chi connectivity index (χ1) is 10.5. The first kappa shape index (κ1) is 16.3. The Morgan fingerprint density at radius 2 is 2.05 bits per heavy atom. The summed E-state index contributed by atoms with van der Waals surface area (Å²) < 4.78 is 4.99. The van der Waals surface area contributed by atoms with Gasteiger partial charge < -0.3 is 15.2 Å². The van der Waals surface area contributed by atoms with Gasteiger partial charge in [0.1, 0.15) is 11.3 Å². The quantitative estimate of drug-likeness (QED) is 0.838. The molecular weight excluding hydrogens is 282 g/mol. The van der Waals surface area contributed by atoms with E-state index in [2.05, 4.69) is 12.2 Å². The zero-order valence-corrected chi connectivity index (χ0v) is 13.1. The normalized spacial score (nSPS) is 21.2. The van der Waals surface area contributed by atoms with Crippen LogP contribution in [0.25, 0.3) is 0 Å². The molecule has 1 aromatic rings. The van der Waals surface area contributed by atoms with Crippen LogP contribution in [0.3, 0.4) is 0 Å². The molecule has 0 heterocycles. The van der Waals surface area contributed by atoms with Crippen LogP contribution in [0.1, 0.15) is 48.5 Å². The Labute approximate surface area is 130 Å². The molecule has 1 aliphatic rings.